The Labute approximate surface area is 223 Å². The van der Waals surface area contributed by atoms with Crippen molar-refractivity contribution in [2.45, 2.75) is 70.0 Å². The predicted molar refractivity (Wildman–Crippen MR) is 140 cm³/mol. The standard InChI is InChI=1S/C28H36ClN3O5/c1-28(2,3)30-26(35)23-14-13-22-24(27(36)31(23)15-18-9-11-20(29)12-10-18)25(19-7-5-4-6-8-19)37-32(22)16-21(34)17-33/h4-12,21-25,33-34H,13-17H2,1-3H3,(H,30,35). The van der Waals surface area contributed by atoms with Crippen molar-refractivity contribution in [3.63, 3.8) is 0 Å². The first-order valence-corrected chi connectivity index (χ1v) is 13.1. The molecule has 2 saturated heterocycles. The zero-order valence-corrected chi connectivity index (χ0v) is 22.3. The number of carbonyl (C=O) groups excluding carboxylic acids is 2. The Balaban J connectivity index is 1.73. The molecule has 200 valence electrons. The van der Waals surface area contributed by atoms with Crippen molar-refractivity contribution in [1.82, 2.24) is 15.3 Å². The molecule has 2 amide bonds. The summed E-state index contributed by atoms with van der Waals surface area (Å²) in [6.07, 6.45) is -0.656. The van der Waals surface area contributed by atoms with E-state index in [-0.39, 0.29) is 30.9 Å². The molecule has 0 saturated carbocycles. The Morgan fingerprint density at radius 1 is 1.14 bits per heavy atom. The highest BCUT2D eigenvalue weighted by Crippen LogP contribution is 2.44. The third-order valence-electron chi connectivity index (χ3n) is 6.84. The molecule has 2 fully saturated rings. The molecule has 5 atom stereocenters. The van der Waals surface area contributed by atoms with E-state index >= 15 is 0 Å². The number of amides is 2. The average molecular weight is 530 g/mol. The molecule has 2 aromatic carbocycles. The second kappa shape index (κ2) is 11.5. The van der Waals surface area contributed by atoms with E-state index in [4.69, 9.17) is 16.4 Å². The number of nitrogens with zero attached hydrogens (tertiary/aromatic N) is 2. The minimum absolute atomic E-state index is 0.0598. The van der Waals surface area contributed by atoms with Gasteiger partial charge in [0, 0.05) is 17.1 Å². The molecular formula is C28H36ClN3O5. The maximum absolute atomic E-state index is 14.4. The molecule has 0 aliphatic carbocycles. The Bertz CT molecular complexity index is 1080. The van der Waals surface area contributed by atoms with E-state index in [1.165, 1.54) is 0 Å². The van der Waals surface area contributed by atoms with Crippen molar-refractivity contribution >= 4 is 23.4 Å². The number of hydroxylamine groups is 2. The van der Waals surface area contributed by atoms with Crippen molar-refractivity contribution in [3.05, 3.63) is 70.7 Å². The lowest BCUT2D eigenvalue weighted by atomic mass is 9.88. The highest BCUT2D eigenvalue weighted by molar-refractivity contribution is 6.30. The van der Waals surface area contributed by atoms with Crippen molar-refractivity contribution in [2.24, 2.45) is 5.92 Å². The Morgan fingerprint density at radius 2 is 1.81 bits per heavy atom. The second-order valence-corrected chi connectivity index (χ2v) is 11.3. The molecular weight excluding hydrogens is 494 g/mol. The molecule has 2 aliphatic heterocycles. The summed E-state index contributed by atoms with van der Waals surface area (Å²) in [4.78, 5) is 35.8. The lowest BCUT2D eigenvalue weighted by molar-refractivity contribution is -0.183. The highest BCUT2D eigenvalue weighted by Gasteiger charge is 2.53. The summed E-state index contributed by atoms with van der Waals surface area (Å²) in [7, 11) is 0. The number of benzene rings is 2. The number of carbonyl (C=O) groups is 2. The van der Waals surface area contributed by atoms with Gasteiger partial charge in [0.1, 0.15) is 12.1 Å². The SMILES string of the molecule is CC(C)(C)NC(=O)C1CCC2C(C(=O)N1Cc1ccc(Cl)cc1)C(c1ccccc1)ON2CC(O)CO. The second-order valence-electron chi connectivity index (χ2n) is 10.9. The van der Waals surface area contributed by atoms with Crippen molar-refractivity contribution in [2.75, 3.05) is 13.2 Å². The van der Waals surface area contributed by atoms with Gasteiger partial charge in [0.2, 0.25) is 11.8 Å². The van der Waals surface area contributed by atoms with Crippen LogP contribution in [0.5, 0.6) is 0 Å². The van der Waals surface area contributed by atoms with Crippen molar-refractivity contribution in [3.8, 4) is 0 Å². The minimum Gasteiger partial charge on any atom is -0.394 e. The van der Waals surface area contributed by atoms with Crippen LogP contribution in [0.1, 0.15) is 50.8 Å². The van der Waals surface area contributed by atoms with Gasteiger partial charge in [-0.1, -0.05) is 54.1 Å². The largest absolute Gasteiger partial charge is 0.394 e. The maximum atomic E-state index is 14.4. The van der Waals surface area contributed by atoms with Crippen LogP contribution in [0, 0.1) is 5.92 Å². The van der Waals surface area contributed by atoms with Crippen LogP contribution in [0.2, 0.25) is 5.02 Å². The zero-order chi connectivity index (χ0) is 26.7. The molecule has 0 bridgehead atoms. The van der Waals surface area contributed by atoms with Crippen LogP contribution < -0.4 is 5.32 Å². The monoisotopic (exact) mass is 529 g/mol. The fourth-order valence-corrected chi connectivity index (χ4v) is 5.30. The predicted octanol–water partition coefficient (Wildman–Crippen LogP) is 3.07. The van der Waals surface area contributed by atoms with Gasteiger partial charge in [-0.05, 0) is 56.9 Å². The fourth-order valence-electron chi connectivity index (χ4n) is 5.17. The number of aliphatic hydroxyl groups is 2. The van der Waals surface area contributed by atoms with Gasteiger partial charge < -0.3 is 20.4 Å². The molecule has 3 N–H and O–H groups in total. The first-order valence-electron chi connectivity index (χ1n) is 12.7. The molecule has 8 nitrogen and oxygen atoms in total. The molecule has 2 aromatic rings. The molecule has 2 heterocycles. The van der Waals surface area contributed by atoms with Gasteiger partial charge in [0.15, 0.2) is 0 Å². The van der Waals surface area contributed by atoms with Crippen LogP contribution >= 0.6 is 11.6 Å². The third-order valence-corrected chi connectivity index (χ3v) is 7.09. The third kappa shape index (κ3) is 6.51. The summed E-state index contributed by atoms with van der Waals surface area (Å²) < 4.78 is 0. The summed E-state index contributed by atoms with van der Waals surface area (Å²) in [6.45, 7) is 5.64. The van der Waals surface area contributed by atoms with Gasteiger partial charge in [-0.3, -0.25) is 14.4 Å². The summed E-state index contributed by atoms with van der Waals surface area (Å²) in [5.74, 6) is -0.969. The van der Waals surface area contributed by atoms with Gasteiger partial charge >= 0.3 is 0 Å². The number of halogens is 1. The first-order chi connectivity index (χ1) is 17.6. The number of hydrogen-bond donors (Lipinski definition) is 3. The smallest absolute Gasteiger partial charge is 0.243 e. The van der Waals surface area contributed by atoms with Gasteiger partial charge in [-0.15, -0.1) is 0 Å². The molecule has 9 heteroatoms. The Kier molecular flexibility index (Phi) is 8.56. The number of rotatable bonds is 7. The van der Waals surface area contributed by atoms with Crippen LogP contribution in [0.25, 0.3) is 0 Å². The maximum Gasteiger partial charge on any atom is 0.243 e. The number of likely N-dealkylation sites (tertiary alicyclic amines) is 1. The highest BCUT2D eigenvalue weighted by atomic mass is 35.5. The molecule has 5 unspecified atom stereocenters. The van der Waals surface area contributed by atoms with Crippen LogP contribution in [0.3, 0.4) is 0 Å². The Hall–Kier alpha value is -2.49. The van der Waals surface area contributed by atoms with Gasteiger partial charge in [0.05, 0.1) is 31.2 Å². The van der Waals surface area contributed by atoms with E-state index in [1.807, 2.05) is 63.2 Å². The number of nitrogens with one attached hydrogen (secondary N) is 1. The fraction of sp³-hybridized carbons (Fsp3) is 0.500. The lowest BCUT2D eigenvalue weighted by Crippen LogP contribution is -2.54. The number of aliphatic hydroxyl groups excluding tert-OH is 2. The number of β-amino-alcohol motifs (C(OH)–C–C–N with tert-alkyl or cyclic N) is 1. The van der Waals surface area contributed by atoms with Gasteiger partial charge in [-0.2, -0.15) is 5.06 Å². The van der Waals surface area contributed by atoms with E-state index in [0.29, 0.717) is 17.9 Å². The van der Waals surface area contributed by atoms with Gasteiger partial charge in [-0.25, -0.2) is 0 Å². The van der Waals surface area contributed by atoms with Crippen LogP contribution in [-0.2, 0) is 21.0 Å². The summed E-state index contributed by atoms with van der Waals surface area (Å²) >= 11 is 6.09. The van der Waals surface area contributed by atoms with Crippen LogP contribution in [0.15, 0.2) is 54.6 Å². The van der Waals surface area contributed by atoms with E-state index in [0.717, 1.165) is 11.1 Å². The zero-order valence-electron chi connectivity index (χ0n) is 21.5. The molecule has 4 rings (SSSR count). The molecule has 2 aliphatic rings. The van der Waals surface area contributed by atoms with Crippen LogP contribution in [-0.4, -0.2) is 68.9 Å². The van der Waals surface area contributed by atoms with Crippen molar-refractivity contribution < 1.29 is 24.6 Å². The van der Waals surface area contributed by atoms with E-state index in [2.05, 4.69) is 5.32 Å². The minimum atomic E-state index is -1.02. The van der Waals surface area contributed by atoms with E-state index in [1.54, 1.807) is 22.1 Å². The number of fused-ring (bicyclic) bond motifs is 1. The lowest BCUT2D eigenvalue weighted by Gasteiger charge is -2.34. The van der Waals surface area contributed by atoms with E-state index in [9.17, 15) is 19.8 Å². The average Bonchev–Trinajstić information content (AvgIpc) is 3.14. The molecule has 0 aromatic heterocycles. The molecule has 37 heavy (non-hydrogen) atoms. The summed E-state index contributed by atoms with van der Waals surface area (Å²) in [5, 5.41) is 24.9. The van der Waals surface area contributed by atoms with Crippen LogP contribution in [0.4, 0.5) is 0 Å². The normalized spacial score (nSPS) is 25.5. The topological polar surface area (TPSA) is 102 Å². The van der Waals surface area contributed by atoms with Crippen molar-refractivity contribution in [1.29, 1.82) is 0 Å². The quantitative estimate of drug-likeness (QED) is 0.509. The first kappa shape index (κ1) is 27.5. The van der Waals surface area contributed by atoms with Gasteiger partial charge in [0.25, 0.3) is 0 Å². The molecule has 0 spiro atoms. The Morgan fingerprint density at radius 3 is 2.43 bits per heavy atom. The summed E-state index contributed by atoms with van der Waals surface area (Å²) in [6, 6.07) is 15.8. The van der Waals surface area contributed by atoms with E-state index < -0.39 is 36.3 Å². The molecule has 0 radical (unpaired) electrons. The number of hydrogen-bond acceptors (Lipinski definition) is 6. The summed E-state index contributed by atoms with van der Waals surface area (Å²) in [5.41, 5.74) is 1.25.